The van der Waals surface area contributed by atoms with Crippen LogP contribution in [0.1, 0.15) is 5.56 Å². The molecule has 0 heterocycles. The van der Waals surface area contributed by atoms with Gasteiger partial charge in [-0.3, -0.25) is 4.72 Å². The monoisotopic (exact) mass is 226 g/mol. The van der Waals surface area contributed by atoms with Crippen molar-refractivity contribution < 1.29 is 13.2 Å². The van der Waals surface area contributed by atoms with Crippen LogP contribution >= 0.6 is 0 Å². The van der Waals surface area contributed by atoms with E-state index >= 15 is 0 Å². The van der Waals surface area contributed by atoms with Crippen molar-refractivity contribution in [3.05, 3.63) is 23.8 Å². The number of nitriles is 1. The number of methoxy groups -OCH3 is 1. The topological polar surface area (TPSA) is 79.2 Å². The largest absolute Gasteiger partial charge is 0.495 e. The summed E-state index contributed by atoms with van der Waals surface area (Å²) in [6.45, 7) is 0. The van der Waals surface area contributed by atoms with Gasteiger partial charge in [-0.1, -0.05) is 0 Å². The molecule has 0 amide bonds. The number of rotatable bonds is 3. The Morgan fingerprint density at radius 1 is 1.47 bits per heavy atom. The zero-order chi connectivity index (χ0) is 11.5. The smallest absolute Gasteiger partial charge is 0.229 e. The summed E-state index contributed by atoms with van der Waals surface area (Å²) in [5.74, 6) is 0.319. The van der Waals surface area contributed by atoms with Gasteiger partial charge in [0.1, 0.15) is 5.75 Å². The fraction of sp³-hybridized carbons (Fsp3) is 0.222. The lowest BCUT2D eigenvalue weighted by Crippen LogP contribution is -2.10. The highest BCUT2D eigenvalue weighted by molar-refractivity contribution is 7.92. The second kappa shape index (κ2) is 4.19. The molecule has 1 N–H and O–H groups in total. The molecule has 0 saturated carbocycles. The summed E-state index contributed by atoms with van der Waals surface area (Å²) in [6.07, 6.45) is 1.05. The van der Waals surface area contributed by atoms with Crippen LogP contribution < -0.4 is 9.46 Å². The maximum absolute atomic E-state index is 11.0. The third kappa shape index (κ3) is 3.14. The van der Waals surface area contributed by atoms with Gasteiger partial charge in [0.05, 0.1) is 30.7 Å². The van der Waals surface area contributed by atoms with Crippen LogP contribution in [0.2, 0.25) is 0 Å². The van der Waals surface area contributed by atoms with Gasteiger partial charge >= 0.3 is 0 Å². The molecule has 0 atom stereocenters. The molecular weight excluding hydrogens is 216 g/mol. The van der Waals surface area contributed by atoms with E-state index in [-0.39, 0.29) is 0 Å². The van der Waals surface area contributed by atoms with E-state index in [0.29, 0.717) is 17.0 Å². The number of anilines is 1. The fourth-order valence-electron chi connectivity index (χ4n) is 1.04. The number of hydrogen-bond acceptors (Lipinski definition) is 4. The van der Waals surface area contributed by atoms with Gasteiger partial charge in [0.25, 0.3) is 0 Å². The molecule has 1 rings (SSSR count). The fourth-order valence-corrected chi connectivity index (χ4v) is 1.61. The molecule has 0 saturated heterocycles. The summed E-state index contributed by atoms with van der Waals surface area (Å²) in [4.78, 5) is 0. The van der Waals surface area contributed by atoms with Crippen LogP contribution in [0.4, 0.5) is 5.69 Å². The van der Waals surface area contributed by atoms with E-state index in [9.17, 15) is 8.42 Å². The maximum Gasteiger partial charge on any atom is 0.229 e. The van der Waals surface area contributed by atoms with Crippen molar-refractivity contribution in [1.82, 2.24) is 0 Å². The normalized spacial score (nSPS) is 10.5. The number of nitrogens with zero attached hydrogens (tertiary/aromatic N) is 1. The molecule has 0 bridgehead atoms. The molecule has 0 aliphatic carbocycles. The SMILES string of the molecule is COc1cc(C#N)ccc1NS(C)(=O)=O. The zero-order valence-corrected chi connectivity index (χ0v) is 9.13. The lowest BCUT2D eigenvalue weighted by Gasteiger charge is -2.09. The van der Waals surface area contributed by atoms with Gasteiger partial charge in [-0.25, -0.2) is 8.42 Å². The standard InChI is InChI=1S/C9H10N2O3S/c1-14-9-5-7(6-10)3-4-8(9)11-15(2,12)13/h3-5,11H,1-2H3. The highest BCUT2D eigenvalue weighted by atomic mass is 32.2. The summed E-state index contributed by atoms with van der Waals surface area (Å²) in [5.41, 5.74) is 0.727. The Bertz CT molecular complexity index is 503. The van der Waals surface area contributed by atoms with Crippen molar-refractivity contribution in [2.75, 3.05) is 18.1 Å². The van der Waals surface area contributed by atoms with Crippen molar-refractivity contribution in [2.24, 2.45) is 0 Å². The highest BCUT2D eigenvalue weighted by Gasteiger charge is 2.08. The molecule has 6 heteroatoms. The molecule has 1 aromatic carbocycles. The first-order valence-corrected chi connectivity index (χ1v) is 5.91. The van der Waals surface area contributed by atoms with E-state index in [2.05, 4.69) is 4.72 Å². The van der Waals surface area contributed by atoms with Crippen LogP contribution in [0.5, 0.6) is 5.75 Å². The zero-order valence-electron chi connectivity index (χ0n) is 8.31. The quantitative estimate of drug-likeness (QED) is 0.831. The van der Waals surface area contributed by atoms with Crippen LogP contribution in [0.25, 0.3) is 0 Å². The third-order valence-electron chi connectivity index (χ3n) is 1.63. The lowest BCUT2D eigenvalue weighted by atomic mass is 10.2. The Labute approximate surface area is 88.3 Å². The molecule has 15 heavy (non-hydrogen) atoms. The Balaban J connectivity index is 3.15. The second-order valence-electron chi connectivity index (χ2n) is 2.90. The number of hydrogen-bond donors (Lipinski definition) is 1. The minimum absolute atomic E-state index is 0.319. The van der Waals surface area contributed by atoms with E-state index in [0.717, 1.165) is 6.26 Å². The van der Waals surface area contributed by atoms with Crippen molar-refractivity contribution in [3.63, 3.8) is 0 Å². The molecule has 0 aromatic heterocycles. The second-order valence-corrected chi connectivity index (χ2v) is 4.65. The summed E-state index contributed by atoms with van der Waals surface area (Å²) >= 11 is 0. The predicted octanol–water partition coefficient (Wildman–Crippen LogP) is 0.938. The Morgan fingerprint density at radius 3 is 2.60 bits per heavy atom. The number of ether oxygens (including phenoxy) is 1. The van der Waals surface area contributed by atoms with Crippen LogP contribution in [0.3, 0.4) is 0 Å². The average Bonchev–Trinajstić information content (AvgIpc) is 2.16. The first kappa shape index (κ1) is 11.3. The Hall–Kier alpha value is -1.74. The van der Waals surface area contributed by atoms with Gasteiger partial charge in [-0.15, -0.1) is 0 Å². The highest BCUT2D eigenvalue weighted by Crippen LogP contribution is 2.25. The molecule has 0 aliphatic rings. The molecule has 0 radical (unpaired) electrons. The Kier molecular flexibility index (Phi) is 3.17. The van der Waals surface area contributed by atoms with E-state index in [4.69, 9.17) is 10.00 Å². The third-order valence-corrected chi connectivity index (χ3v) is 2.22. The van der Waals surface area contributed by atoms with Crippen molar-refractivity contribution in [1.29, 1.82) is 5.26 Å². The number of nitrogens with one attached hydrogen (secondary N) is 1. The lowest BCUT2D eigenvalue weighted by molar-refractivity contribution is 0.416. The summed E-state index contributed by atoms with van der Waals surface area (Å²) < 4.78 is 29.2. The first-order chi connectivity index (χ1) is 6.96. The van der Waals surface area contributed by atoms with E-state index in [1.54, 1.807) is 0 Å². The predicted molar refractivity (Wildman–Crippen MR) is 56.2 cm³/mol. The minimum Gasteiger partial charge on any atom is -0.495 e. The molecule has 0 fully saturated rings. The number of benzene rings is 1. The molecular formula is C9H10N2O3S. The summed E-state index contributed by atoms with van der Waals surface area (Å²) in [6, 6.07) is 6.39. The van der Waals surface area contributed by atoms with Crippen molar-refractivity contribution in [2.45, 2.75) is 0 Å². The van der Waals surface area contributed by atoms with Crippen LogP contribution in [0.15, 0.2) is 18.2 Å². The van der Waals surface area contributed by atoms with Gasteiger partial charge in [-0.2, -0.15) is 5.26 Å². The summed E-state index contributed by atoms with van der Waals surface area (Å²) in [5, 5.41) is 8.64. The van der Waals surface area contributed by atoms with E-state index in [1.807, 2.05) is 6.07 Å². The molecule has 5 nitrogen and oxygen atoms in total. The van der Waals surface area contributed by atoms with Crippen LogP contribution in [-0.4, -0.2) is 21.8 Å². The van der Waals surface area contributed by atoms with Crippen LogP contribution in [-0.2, 0) is 10.0 Å². The minimum atomic E-state index is -3.34. The summed E-state index contributed by atoms with van der Waals surface area (Å²) in [7, 11) is -1.94. The first-order valence-electron chi connectivity index (χ1n) is 4.02. The van der Waals surface area contributed by atoms with Gasteiger partial charge in [0, 0.05) is 6.07 Å². The molecule has 80 valence electrons. The maximum atomic E-state index is 11.0. The average molecular weight is 226 g/mol. The molecule has 1 aromatic rings. The van der Waals surface area contributed by atoms with Gasteiger partial charge in [0.15, 0.2) is 0 Å². The van der Waals surface area contributed by atoms with E-state index < -0.39 is 10.0 Å². The number of sulfonamides is 1. The van der Waals surface area contributed by atoms with E-state index in [1.165, 1.54) is 25.3 Å². The van der Waals surface area contributed by atoms with Crippen molar-refractivity contribution >= 4 is 15.7 Å². The molecule has 0 spiro atoms. The molecule has 0 aliphatic heterocycles. The molecule has 0 unspecified atom stereocenters. The Morgan fingerprint density at radius 2 is 2.13 bits per heavy atom. The van der Waals surface area contributed by atoms with Gasteiger partial charge in [-0.05, 0) is 12.1 Å². The van der Waals surface area contributed by atoms with Crippen LogP contribution in [0, 0.1) is 11.3 Å². The van der Waals surface area contributed by atoms with Gasteiger partial charge < -0.3 is 4.74 Å². The van der Waals surface area contributed by atoms with Crippen molar-refractivity contribution in [3.8, 4) is 11.8 Å². The van der Waals surface area contributed by atoms with Gasteiger partial charge in [0.2, 0.25) is 10.0 Å².